The van der Waals surface area contributed by atoms with Gasteiger partial charge in [-0.1, -0.05) is 163 Å². The molecule has 0 aliphatic rings. The van der Waals surface area contributed by atoms with Gasteiger partial charge in [0.05, 0.1) is 66.9 Å². The molecular formula is C82H64N8. The van der Waals surface area contributed by atoms with E-state index in [1.54, 1.807) is 0 Å². The largest absolute Gasteiger partial charge is 0.309 e. The molecule has 0 aliphatic carbocycles. The number of fused-ring (bicyclic) bond motifs is 9. The monoisotopic (exact) mass is 1160 g/mol. The Morgan fingerprint density at radius 1 is 0.311 bits per heavy atom. The van der Waals surface area contributed by atoms with Crippen LogP contribution in [0.15, 0.2) is 279 Å². The van der Waals surface area contributed by atoms with Gasteiger partial charge in [0, 0.05) is 90.0 Å². The highest BCUT2D eigenvalue weighted by Crippen LogP contribution is 2.45. The van der Waals surface area contributed by atoms with Crippen LogP contribution in [0.4, 0.5) is 34.1 Å². The number of pyridine rings is 2. The minimum atomic E-state index is 0.0292. The molecule has 0 N–H and O–H groups in total. The van der Waals surface area contributed by atoms with Gasteiger partial charge >= 0.3 is 0 Å². The highest BCUT2D eigenvalue weighted by Gasteiger charge is 2.24. The summed E-state index contributed by atoms with van der Waals surface area (Å²) in [7, 11) is 0. The maximum atomic E-state index is 5.41. The summed E-state index contributed by atoms with van der Waals surface area (Å²) >= 11 is 0. The molecule has 0 bridgehead atoms. The van der Waals surface area contributed by atoms with Crippen LogP contribution in [0.1, 0.15) is 52.7 Å². The van der Waals surface area contributed by atoms with Crippen molar-refractivity contribution in [3.63, 3.8) is 0 Å². The first-order valence-electron chi connectivity index (χ1n) is 30.9. The molecule has 16 aromatic rings. The number of benzene rings is 11. The zero-order chi connectivity index (χ0) is 60.8. The van der Waals surface area contributed by atoms with Crippen molar-refractivity contribution in [1.29, 1.82) is 0 Å². The van der Waals surface area contributed by atoms with Crippen LogP contribution in [0, 0.1) is 0 Å². The van der Waals surface area contributed by atoms with Crippen LogP contribution < -0.4 is 9.80 Å². The first-order valence-corrected chi connectivity index (χ1v) is 30.9. The second-order valence-corrected chi connectivity index (χ2v) is 25.6. The first-order chi connectivity index (χ1) is 43.9. The lowest BCUT2D eigenvalue weighted by Gasteiger charge is -2.27. The predicted octanol–water partition coefficient (Wildman–Crippen LogP) is 21.8. The number of hydrogen-bond donors (Lipinski definition) is 0. The van der Waals surface area contributed by atoms with E-state index in [4.69, 9.17) is 19.9 Å². The number of nitrogens with zero attached hydrogens (tertiary/aromatic N) is 8. The van der Waals surface area contributed by atoms with Crippen molar-refractivity contribution in [2.24, 2.45) is 0 Å². The summed E-state index contributed by atoms with van der Waals surface area (Å²) in [6.45, 7) is 13.7. The van der Waals surface area contributed by atoms with Gasteiger partial charge in [-0.3, -0.25) is 9.97 Å². The van der Waals surface area contributed by atoms with Gasteiger partial charge in [0.15, 0.2) is 0 Å². The molecule has 0 atom stereocenters. The van der Waals surface area contributed by atoms with Gasteiger partial charge in [-0.05, 0) is 168 Å². The maximum Gasteiger partial charge on any atom is 0.0973 e. The number of hydrogen-bond acceptors (Lipinski definition) is 6. The summed E-state index contributed by atoms with van der Waals surface area (Å²) in [5.41, 5.74) is 22.5. The van der Waals surface area contributed by atoms with Crippen molar-refractivity contribution in [1.82, 2.24) is 29.1 Å². The van der Waals surface area contributed by atoms with E-state index in [0.29, 0.717) is 0 Å². The molecule has 0 aliphatic heterocycles. The van der Waals surface area contributed by atoms with Crippen LogP contribution >= 0.6 is 0 Å². The lowest BCUT2D eigenvalue weighted by Crippen LogP contribution is -2.11. The summed E-state index contributed by atoms with van der Waals surface area (Å²) in [4.78, 5) is 25.4. The van der Waals surface area contributed by atoms with Crippen LogP contribution in [0.3, 0.4) is 0 Å². The van der Waals surface area contributed by atoms with Crippen LogP contribution in [-0.4, -0.2) is 29.1 Å². The molecule has 8 heteroatoms. The number of para-hydroxylation sites is 6. The Labute approximate surface area is 523 Å². The molecule has 432 valence electrons. The van der Waals surface area contributed by atoms with Gasteiger partial charge in [0.1, 0.15) is 0 Å². The van der Waals surface area contributed by atoms with E-state index in [1.807, 2.05) is 48.8 Å². The SMILES string of the molecule is CC(C)(C)c1ccc2c(c1)c1ccccc1n2-c1ccc(N(c2ccc(-c3nc4ccccc4nc3-c3ccc(N(c4ccc(-n5c6ccccc6c6cc(C(C)(C)C)ccc65)cc4)c4cccc5cccnc45)cc3)cc2)c2cccc3cccnc23)cc1. The Morgan fingerprint density at radius 3 is 1.07 bits per heavy atom. The summed E-state index contributed by atoms with van der Waals surface area (Å²) in [5.74, 6) is 0. The van der Waals surface area contributed by atoms with E-state index >= 15 is 0 Å². The predicted molar refractivity (Wildman–Crippen MR) is 376 cm³/mol. The van der Waals surface area contributed by atoms with Crippen LogP contribution in [0.2, 0.25) is 0 Å². The molecule has 11 aromatic carbocycles. The lowest BCUT2D eigenvalue weighted by molar-refractivity contribution is 0.591. The van der Waals surface area contributed by atoms with Gasteiger partial charge in [-0.15, -0.1) is 0 Å². The molecule has 0 unspecified atom stereocenters. The molecule has 0 amide bonds. The van der Waals surface area contributed by atoms with Gasteiger partial charge < -0.3 is 18.9 Å². The normalized spacial score (nSPS) is 12.1. The molecule has 5 heterocycles. The van der Waals surface area contributed by atoms with Gasteiger partial charge in [0.25, 0.3) is 0 Å². The summed E-state index contributed by atoms with van der Waals surface area (Å²) in [6.07, 6.45) is 3.75. The second kappa shape index (κ2) is 21.3. The van der Waals surface area contributed by atoms with Gasteiger partial charge in [-0.25, -0.2) is 9.97 Å². The molecule has 90 heavy (non-hydrogen) atoms. The average Bonchev–Trinajstić information content (AvgIpc) is 1.74. The standard InChI is InChI=1S/C82H64N8/c1-81(2,3)57-33-47-73-67(51-57)65-21-7-11-25-71(65)89(73)63-43-39-61(40-44-63)87(75-27-13-17-53-19-15-49-83-77(53)75)59-35-29-55(30-36-59)79-80(86-70-24-10-9-23-69(70)85-79)56-31-37-60(38-32-56)88(76-28-14-18-54-20-16-50-84-78(54)76)62-41-45-64(46-42-62)90-72-26-12-8-22-66(72)68-52-58(82(4,5)6)34-48-74(68)90/h7-52H,1-6H3. The molecule has 0 saturated carbocycles. The number of rotatable bonds is 10. The smallest absolute Gasteiger partial charge is 0.0973 e. The van der Waals surface area contributed by atoms with Crippen molar-refractivity contribution in [3.05, 3.63) is 290 Å². The summed E-state index contributed by atoms with van der Waals surface area (Å²) < 4.78 is 4.78. The number of aromatic nitrogens is 6. The van der Waals surface area contributed by atoms with Crippen molar-refractivity contribution in [2.75, 3.05) is 9.80 Å². The lowest BCUT2D eigenvalue weighted by atomic mass is 9.86. The van der Waals surface area contributed by atoms with Crippen LogP contribution in [0.25, 0.3) is 110 Å². The fourth-order valence-electron chi connectivity index (χ4n) is 13.3. The van der Waals surface area contributed by atoms with E-state index in [1.165, 1.54) is 54.7 Å². The van der Waals surface area contributed by atoms with E-state index in [9.17, 15) is 0 Å². The molecule has 0 spiro atoms. The third kappa shape index (κ3) is 9.30. The highest BCUT2D eigenvalue weighted by atomic mass is 15.2. The minimum Gasteiger partial charge on any atom is -0.309 e. The fourth-order valence-corrected chi connectivity index (χ4v) is 13.3. The molecule has 0 fully saturated rings. The third-order valence-corrected chi connectivity index (χ3v) is 17.9. The first kappa shape index (κ1) is 54.2. The quantitative estimate of drug-likeness (QED) is 0.136. The van der Waals surface area contributed by atoms with Gasteiger partial charge in [0.2, 0.25) is 0 Å². The summed E-state index contributed by atoms with van der Waals surface area (Å²) in [5, 5.41) is 7.13. The Kier molecular flexibility index (Phi) is 12.8. The Bertz CT molecular complexity index is 5080. The van der Waals surface area contributed by atoms with E-state index in [0.717, 1.165) is 101 Å². The van der Waals surface area contributed by atoms with Gasteiger partial charge in [-0.2, -0.15) is 0 Å². The van der Waals surface area contributed by atoms with Crippen molar-refractivity contribution in [2.45, 2.75) is 52.4 Å². The highest BCUT2D eigenvalue weighted by molar-refractivity contribution is 6.11. The molecule has 0 saturated heterocycles. The van der Waals surface area contributed by atoms with Crippen molar-refractivity contribution >= 4 is 111 Å². The maximum absolute atomic E-state index is 5.41. The van der Waals surface area contributed by atoms with E-state index < -0.39 is 0 Å². The van der Waals surface area contributed by atoms with Crippen LogP contribution in [0.5, 0.6) is 0 Å². The van der Waals surface area contributed by atoms with Crippen molar-refractivity contribution < 1.29 is 0 Å². The fraction of sp³-hybridized carbons (Fsp3) is 0.0976. The zero-order valence-electron chi connectivity index (χ0n) is 51.1. The molecular weight excluding hydrogens is 1100 g/mol. The number of anilines is 6. The van der Waals surface area contributed by atoms with Crippen molar-refractivity contribution in [3.8, 4) is 33.9 Å². The Morgan fingerprint density at radius 2 is 0.667 bits per heavy atom. The molecule has 5 aromatic heterocycles. The zero-order valence-corrected chi connectivity index (χ0v) is 51.1. The Hall–Kier alpha value is -11.2. The topological polar surface area (TPSA) is 67.9 Å². The Balaban J connectivity index is 0.777. The molecule has 0 radical (unpaired) electrons. The van der Waals surface area contributed by atoms with E-state index in [2.05, 4.69) is 291 Å². The minimum absolute atomic E-state index is 0.0292. The van der Waals surface area contributed by atoms with E-state index in [-0.39, 0.29) is 10.8 Å². The third-order valence-electron chi connectivity index (χ3n) is 17.9. The molecule has 16 rings (SSSR count). The molecule has 8 nitrogen and oxygen atoms in total. The second-order valence-electron chi connectivity index (χ2n) is 25.6. The average molecular weight is 1160 g/mol. The van der Waals surface area contributed by atoms with Crippen LogP contribution in [-0.2, 0) is 10.8 Å². The summed E-state index contributed by atoms with van der Waals surface area (Å²) in [6, 6.07) is 95.9.